The standard InChI is InChI=1S/C5H8O3/c1-4(2-3-6)5(7)8/h6H,1-3H2,(H,7,8). The van der Waals surface area contributed by atoms with Gasteiger partial charge >= 0.3 is 5.97 Å². The summed E-state index contributed by atoms with van der Waals surface area (Å²) >= 11 is 0. The van der Waals surface area contributed by atoms with Crippen LogP contribution in [-0.2, 0) is 4.79 Å². The van der Waals surface area contributed by atoms with Gasteiger partial charge in [0.05, 0.1) is 0 Å². The number of carbonyl (C=O) groups is 1. The Bertz CT molecular complexity index is 106. The van der Waals surface area contributed by atoms with E-state index in [4.69, 9.17) is 10.2 Å². The minimum absolute atomic E-state index is 0.0486. The molecule has 0 atom stereocenters. The second kappa shape index (κ2) is 3.21. The molecule has 0 aliphatic carbocycles. The summed E-state index contributed by atoms with van der Waals surface area (Å²) in [5.41, 5.74) is 0.0486. The molecule has 3 heteroatoms. The maximum atomic E-state index is 9.88. The van der Waals surface area contributed by atoms with Crippen molar-refractivity contribution in [3.05, 3.63) is 12.2 Å². The molecule has 0 heterocycles. The zero-order valence-corrected chi connectivity index (χ0v) is 4.42. The maximum absolute atomic E-state index is 9.88. The third-order valence-corrected chi connectivity index (χ3v) is 0.716. The molecule has 0 fully saturated rings. The van der Waals surface area contributed by atoms with E-state index in [1.54, 1.807) is 0 Å². The molecule has 46 valence electrons. The van der Waals surface area contributed by atoms with E-state index >= 15 is 0 Å². The van der Waals surface area contributed by atoms with E-state index in [-0.39, 0.29) is 18.6 Å². The van der Waals surface area contributed by atoms with Gasteiger partial charge in [-0.2, -0.15) is 0 Å². The van der Waals surface area contributed by atoms with Crippen molar-refractivity contribution in [2.75, 3.05) is 6.61 Å². The molecular formula is C5H8O3. The molecule has 0 spiro atoms. The van der Waals surface area contributed by atoms with Crippen LogP contribution < -0.4 is 0 Å². The predicted octanol–water partition coefficient (Wildman–Crippen LogP) is 0.00960. The highest BCUT2D eigenvalue weighted by Gasteiger charge is 1.99. The van der Waals surface area contributed by atoms with Crippen LogP contribution in [-0.4, -0.2) is 22.8 Å². The molecule has 0 aliphatic heterocycles. The van der Waals surface area contributed by atoms with Crippen molar-refractivity contribution < 1.29 is 15.0 Å². The Balaban J connectivity index is 3.49. The summed E-state index contributed by atoms with van der Waals surface area (Å²) in [4.78, 5) is 9.88. The van der Waals surface area contributed by atoms with Crippen molar-refractivity contribution >= 4 is 5.97 Å². The molecule has 0 amide bonds. The van der Waals surface area contributed by atoms with Crippen molar-refractivity contribution in [2.24, 2.45) is 0 Å². The van der Waals surface area contributed by atoms with Crippen LogP contribution in [0.2, 0.25) is 0 Å². The van der Waals surface area contributed by atoms with Gasteiger partial charge in [0.25, 0.3) is 0 Å². The Morgan fingerprint density at radius 3 is 2.25 bits per heavy atom. The minimum atomic E-state index is -1.04. The van der Waals surface area contributed by atoms with Gasteiger partial charge < -0.3 is 10.2 Å². The summed E-state index contributed by atoms with van der Waals surface area (Å²) in [6.07, 6.45) is 0.148. The topological polar surface area (TPSA) is 57.5 Å². The van der Waals surface area contributed by atoms with E-state index in [0.717, 1.165) is 0 Å². The fraction of sp³-hybridized carbons (Fsp3) is 0.400. The summed E-state index contributed by atoms with van der Waals surface area (Å²) in [6, 6.07) is 0. The van der Waals surface area contributed by atoms with Crippen LogP contribution in [0.1, 0.15) is 6.42 Å². The number of hydrogen-bond acceptors (Lipinski definition) is 2. The first kappa shape index (κ1) is 7.17. The van der Waals surface area contributed by atoms with E-state index in [1.807, 2.05) is 0 Å². The van der Waals surface area contributed by atoms with Crippen molar-refractivity contribution in [1.29, 1.82) is 0 Å². The number of carboxylic acid groups (broad SMARTS) is 1. The molecule has 0 aromatic carbocycles. The molecule has 0 aromatic rings. The summed E-state index contributed by atoms with van der Waals surface area (Å²) < 4.78 is 0. The third kappa shape index (κ3) is 2.36. The number of hydrogen-bond donors (Lipinski definition) is 2. The molecule has 0 rings (SSSR count). The molecule has 0 radical (unpaired) electrons. The van der Waals surface area contributed by atoms with E-state index < -0.39 is 5.97 Å². The van der Waals surface area contributed by atoms with Crippen LogP contribution in [0.15, 0.2) is 12.2 Å². The van der Waals surface area contributed by atoms with Gasteiger partial charge in [-0.3, -0.25) is 0 Å². The van der Waals surface area contributed by atoms with Crippen LogP contribution in [0.5, 0.6) is 0 Å². The van der Waals surface area contributed by atoms with E-state index in [0.29, 0.717) is 0 Å². The van der Waals surface area contributed by atoms with E-state index in [1.165, 1.54) is 0 Å². The molecule has 0 bridgehead atoms. The van der Waals surface area contributed by atoms with Gasteiger partial charge in [-0.25, -0.2) is 4.79 Å². The van der Waals surface area contributed by atoms with Crippen molar-refractivity contribution in [3.63, 3.8) is 0 Å². The number of carboxylic acids is 1. The van der Waals surface area contributed by atoms with Crippen LogP contribution in [0.25, 0.3) is 0 Å². The summed E-state index contributed by atoms with van der Waals surface area (Å²) in [5, 5.41) is 16.3. The van der Waals surface area contributed by atoms with Crippen LogP contribution in [0.4, 0.5) is 0 Å². The summed E-state index contributed by atoms with van der Waals surface area (Å²) in [6.45, 7) is 3.04. The highest BCUT2D eigenvalue weighted by molar-refractivity contribution is 5.85. The second-order valence-electron chi connectivity index (χ2n) is 1.38. The first-order valence-electron chi connectivity index (χ1n) is 2.20. The summed E-state index contributed by atoms with van der Waals surface area (Å²) in [7, 11) is 0. The number of rotatable bonds is 3. The van der Waals surface area contributed by atoms with Crippen LogP contribution in [0, 0.1) is 0 Å². The van der Waals surface area contributed by atoms with Gasteiger partial charge in [0.2, 0.25) is 0 Å². The van der Waals surface area contributed by atoms with Gasteiger partial charge in [-0.15, -0.1) is 0 Å². The van der Waals surface area contributed by atoms with Crippen molar-refractivity contribution in [1.82, 2.24) is 0 Å². The zero-order chi connectivity index (χ0) is 6.57. The Morgan fingerprint density at radius 2 is 2.12 bits per heavy atom. The SMILES string of the molecule is C=C(CCO)C(=O)O. The molecule has 8 heavy (non-hydrogen) atoms. The fourth-order valence-corrected chi connectivity index (χ4v) is 0.242. The largest absolute Gasteiger partial charge is 0.478 e. The van der Waals surface area contributed by atoms with Gasteiger partial charge in [0.1, 0.15) is 0 Å². The van der Waals surface area contributed by atoms with Gasteiger partial charge in [0, 0.05) is 18.6 Å². The summed E-state index contributed by atoms with van der Waals surface area (Å²) in [5.74, 6) is -1.04. The molecule has 0 saturated heterocycles. The number of aliphatic hydroxyl groups is 1. The Kier molecular flexibility index (Phi) is 2.88. The van der Waals surface area contributed by atoms with Crippen LogP contribution >= 0.6 is 0 Å². The lowest BCUT2D eigenvalue weighted by Crippen LogP contribution is -2.00. The third-order valence-electron chi connectivity index (χ3n) is 0.716. The van der Waals surface area contributed by atoms with Gasteiger partial charge in [-0.1, -0.05) is 6.58 Å². The van der Waals surface area contributed by atoms with E-state index in [2.05, 4.69) is 6.58 Å². The van der Waals surface area contributed by atoms with E-state index in [9.17, 15) is 4.79 Å². The predicted molar refractivity (Wildman–Crippen MR) is 28.5 cm³/mol. The molecule has 0 aromatic heterocycles. The maximum Gasteiger partial charge on any atom is 0.331 e. The quantitative estimate of drug-likeness (QED) is 0.510. The Hall–Kier alpha value is -0.830. The number of aliphatic hydroxyl groups excluding tert-OH is 1. The normalized spacial score (nSPS) is 8.62. The molecule has 0 aliphatic rings. The molecule has 2 N–H and O–H groups in total. The Morgan fingerprint density at radius 1 is 1.62 bits per heavy atom. The fourth-order valence-electron chi connectivity index (χ4n) is 0.242. The van der Waals surface area contributed by atoms with Crippen molar-refractivity contribution in [3.8, 4) is 0 Å². The zero-order valence-electron chi connectivity index (χ0n) is 4.42. The average Bonchev–Trinajstić information content (AvgIpc) is 1.67. The lowest BCUT2D eigenvalue weighted by Gasteiger charge is -1.91. The monoisotopic (exact) mass is 116 g/mol. The molecule has 0 unspecified atom stereocenters. The Labute approximate surface area is 47.3 Å². The first-order chi connectivity index (χ1) is 3.68. The highest BCUT2D eigenvalue weighted by Crippen LogP contribution is 1.94. The minimum Gasteiger partial charge on any atom is -0.478 e. The molecule has 3 nitrogen and oxygen atoms in total. The van der Waals surface area contributed by atoms with Gasteiger partial charge in [-0.05, 0) is 0 Å². The highest BCUT2D eigenvalue weighted by atomic mass is 16.4. The smallest absolute Gasteiger partial charge is 0.331 e. The van der Waals surface area contributed by atoms with Crippen molar-refractivity contribution in [2.45, 2.75) is 6.42 Å². The molecular weight excluding hydrogens is 108 g/mol. The average molecular weight is 116 g/mol. The lowest BCUT2D eigenvalue weighted by molar-refractivity contribution is -0.132. The van der Waals surface area contributed by atoms with Crippen LogP contribution in [0.3, 0.4) is 0 Å². The lowest BCUT2D eigenvalue weighted by atomic mass is 10.2. The van der Waals surface area contributed by atoms with Gasteiger partial charge in [0.15, 0.2) is 0 Å². The second-order valence-corrected chi connectivity index (χ2v) is 1.38. The molecule has 0 saturated carbocycles. The first-order valence-corrected chi connectivity index (χ1v) is 2.20. The number of aliphatic carboxylic acids is 1.